The molecule has 3 amide bonds. The maximum Gasteiger partial charge on any atom is 0.338 e. The van der Waals surface area contributed by atoms with E-state index in [-0.39, 0.29) is 24.5 Å². The maximum absolute atomic E-state index is 13.5. The standard InChI is InChI=1S/C31H40N4O5/c1-5-35-26(21-33-16-11-17-34(19-18-33)29(36)22(3)4)27(30(37)39-6-2)28(32-31(35)38)23-12-10-15-25(20-23)40-24-13-8-7-9-14-24/h7-10,12-15,20,22,28H,5-6,11,16-19,21H2,1-4H3,(H,32,38)/t28-/m1/s1. The van der Waals surface area contributed by atoms with Crippen molar-refractivity contribution < 1.29 is 23.9 Å². The van der Waals surface area contributed by atoms with Gasteiger partial charge in [-0.05, 0) is 50.1 Å². The predicted molar refractivity (Wildman–Crippen MR) is 153 cm³/mol. The van der Waals surface area contributed by atoms with Crippen molar-refractivity contribution in [3.8, 4) is 11.5 Å². The number of nitrogens with zero attached hydrogens (tertiary/aromatic N) is 3. The smallest absolute Gasteiger partial charge is 0.338 e. The van der Waals surface area contributed by atoms with Crippen molar-refractivity contribution in [2.45, 2.75) is 40.2 Å². The summed E-state index contributed by atoms with van der Waals surface area (Å²) in [5.41, 5.74) is 1.77. The van der Waals surface area contributed by atoms with Gasteiger partial charge in [-0.25, -0.2) is 9.59 Å². The molecule has 0 aromatic heterocycles. The van der Waals surface area contributed by atoms with Gasteiger partial charge in [0.1, 0.15) is 11.5 Å². The minimum absolute atomic E-state index is 0.0512. The van der Waals surface area contributed by atoms with Crippen molar-refractivity contribution in [1.29, 1.82) is 0 Å². The zero-order valence-electron chi connectivity index (χ0n) is 23.9. The Morgan fingerprint density at radius 1 is 0.975 bits per heavy atom. The summed E-state index contributed by atoms with van der Waals surface area (Å²) >= 11 is 0. The van der Waals surface area contributed by atoms with Crippen LogP contribution in [0.25, 0.3) is 0 Å². The molecule has 214 valence electrons. The number of likely N-dealkylation sites (N-methyl/N-ethyl adjacent to an activating group) is 1. The second kappa shape index (κ2) is 13.5. The van der Waals surface area contributed by atoms with Gasteiger partial charge in [-0.3, -0.25) is 14.6 Å². The number of hydrogen-bond donors (Lipinski definition) is 1. The monoisotopic (exact) mass is 548 g/mol. The molecule has 0 saturated carbocycles. The van der Waals surface area contributed by atoms with Crippen molar-refractivity contribution >= 4 is 17.9 Å². The molecule has 1 atom stereocenters. The summed E-state index contributed by atoms with van der Waals surface area (Å²) in [5.74, 6) is 0.935. The fourth-order valence-corrected chi connectivity index (χ4v) is 5.22. The Morgan fingerprint density at radius 3 is 2.42 bits per heavy atom. The van der Waals surface area contributed by atoms with Gasteiger partial charge in [0.25, 0.3) is 0 Å². The lowest BCUT2D eigenvalue weighted by atomic mass is 9.94. The van der Waals surface area contributed by atoms with Gasteiger partial charge >= 0.3 is 12.0 Å². The van der Waals surface area contributed by atoms with Crippen LogP contribution in [0.2, 0.25) is 0 Å². The Labute approximate surface area is 236 Å². The summed E-state index contributed by atoms with van der Waals surface area (Å²) in [5, 5.41) is 3.03. The first kappa shape index (κ1) is 29.1. The van der Waals surface area contributed by atoms with E-state index < -0.39 is 12.0 Å². The highest BCUT2D eigenvalue weighted by atomic mass is 16.5. The first-order valence-electron chi connectivity index (χ1n) is 14.1. The molecule has 0 aliphatic carbocycles. The average Bonchev–Trinajstić information content (AvgIpc) is 3.18. The lowest BCUT2D eigenvalue weighted by Gasteiger charge is -2.38. The molecule has 1 fully saturated rings. The summed E-state index contributed by atoms with van der Waals surface area (Å²) in [4.78, 5) is 45.2. The molecule has 2 aromatic carbocycles. The van der Waals surface area contributed by atoms with Gasteiger partial charge in [0.05, 0.1) is 18.2 Å². The number of nitrogens with one attached hydrogen (secondary N) is 1. The van der Waals surface area contributed by atoms with Crippen LogP contribution in [0.5, 0.6) is 11.5 Å². The number of ether oxygens (including phenoxy) is 2. The number of para-hydroxylation sites is 1. The summed E-state index contributed by atoms with van der Waals surface area (Å²) in [6, 6.07) is 15.9. The molecule has 0 spiro atoms. The summed E-state index contributed by atoms with van der Waals surface area (Å²) < 4.78 is 11.6. The number of urea groups is 1. The highest BCUT2D eigenvalue weighted by molar-refractivity contribution is 5.95. The summed E-state index contributed by atoms with van der Waals surface area (Å²) in [7, 11) is 0. The molecule has 0 bridgehead atoms. The van der Waals surface area contributed by atoms with E-state index in [9.17, 15) is 14.4 Å². The summed E-state index contributed by atoms with van der Waals surface area (Å²) in [6.45, 7) is 11.2. The van der Waals surface area contributed by atoms with Crippen LogP contribution in [-0.4, -0.2) is 78.5 Å². The van der Waals surface area contributed by atoms with E-state index in [4.69, 9.17) is 9.47 Å². The number of hydrogen-bond acceptors (Lipinski definition) is 6. The quantitative estimate of drug-likeness (QED) is 0.462. The predicted octanol–water partition coefficient (Wildman–Crippen LogP) is 4.57. The number of rotatable bonds is 9. The van der Waals surface area contributed by atoms with Crippen LogP contribution in [-0.2, 0) is 14.3 Å². The van der Waals surface area contributed by atoms with Crippen molar-refractivity contribution in [2.75, 3.05) is 45.9 Å². The zero-order valence-corrected chi connectivity index (χ0v) is 23.9. The van der Waals surface area contributed by atoms with Crippen LogP contribution in [0.1, 0.15) is 45.7 Å². The lowest BCUT2D eigenvalue weighted by molar-refractivity contribution is -0.139. The van der Waals surface area contributed by atoms with Crippen molar-refractivity contribution in [2.24, 2.45) is 5.92 Å². The van der Waals surface area contributed by atoms with Crippen LogP contribution in [0.3, 0.4) is 0 Å². The van der Waals surface area contributed by atoms with E-state index in [0.717, 1.165) is 18.5 Å². The van der Waals surface area contributed by atoms with Gasteiger partial charge in [-0.2, -0.15) is 0 Å². The van der Waals surface area contributed by atoms with Crippen LogP contribution < -0.4 is 10.1 Å². The topological polar surface area (TPSA) is 91.4 Å². The highest BCUT2D eigenvalue weighted by Crippen LogP contribution is 2.34. The second-order valence-electron chi connectivity index (χ2n) is 10.3. The number of carbonyl (C=O) groups is 3. The Balaban J connectivity index is 1.68. The molecule has 0 radical (unpaired) electrons. The molecule has 1 N–H and O–H groups in total. The summed E-state index contributed by atoms with van der Waals surface area (Å²) in [6.07, 6.45) is 0.821. The van der Waals surface area contributed by atoms with Crippen molar-refractivity contribution in [1.82, 2.24) is 20.0 Å². The maximum atomic E-state index is 13.5. The number of benzene rings is 2. The molecule has 2 aliphatic rings. The molecule has 1 saturated heterocycles. The molecule has 2 aliphatic heterocycles. The van der Waals surface area contributed by atoms with Gasteiger partial charge in [-0.15, -0.1) is 0 Å². The molecular weight excluding hydrogens is 508 g/mol. The third-order valence-corrected chi connectivity index (χ3v) is 7.19. The second-order valence-corrected chi connectivity index (χ2v) is 10.3. The fourth-order valence-electron chi connectivity index (χ4n) is 5.22. The molecule has 0 unspecified atom stereocenters. The number of esters is 1. The van der Waals surface area contributed by atoms with Gasteiger partial charge in [0.15, 0.2) is 0 Å². The molecule has 40 heavy (non-hydrogen) atoms. The van der Waals surface area contributed by atoms with Crippen LogP contribution in [0.15, 0.2) is 65.9 Å². The van der Waals surface area contributed by atoms with Gasteiger partial charge in [0.2, 0.25) is 5.91 Å². The van der Waals surface area contributed by atoms with E-state index in [2.05, 4.69) is 10.2 Å². The van der Waals surface area contributed by atoms with Crippen LogP contribution >= 0.6 is 0 Å². The molecule has 2 aromatic rings. The van der Waals surface area contributed by atoms with E-state index in [1.807, 2.05) is 80.3 Å². The molecule has 4 rings (SSSR count). The van der Waals surface area contributed by atoms with E-state index >= 15 is 0 Å². The lowest BCUT2D eigenvalue weighted by Crippen LogP contribution is -2.51. The molecule has 2 heterocycles. The Bertz CT molecular complexity index is 1230. The highest BCUT2D eigenvalue weighted by Gasteiger charge is 2.38. The minimum atomic E-state index is -0.699. The van der Waals surface area contributed by atoms with Crippen molar-refractivity contribution in [3.05, 3.63) is 71.4 Å². The van der Waals surface area contributed by atoms with E-state index in [0.29, 0.717) is 55.5 Å². The first-order valence-corrected chi connectivity index (χ1v) is 14.1. The van der Waals surface area contributed by atoms with Crippen LogP contribution in [0.4, 0.5) is 4.79 Å². The van der Waals surface area contributed by atoms with E-state index in [1.54, 1.807) is 11.8 Å². The van der Waals surface area contributed by atoms with Crippen molar-refractivity contribution in [3.63, 3.8) is 0 Å². The largest absolute Gasteiger partial charge is 0.463 e. The molecular formula is C31H40N4O5. The number of carbonyl (C=O) groups excluding carboxylic acids is 3. The van der Waals surface area contributed by atoms with Gasteiger partial charge in [-0.1, -0.05) is 44.2 Å². The average molecular weight is 549 g/mol. The molecule has 9 nitrogen and oxygen atoms in total. The Morgan fingerprint density at radius 2 is 1.73 bits per heavy atom. The fraction of sp³-hybridized carbons (Fsp3) is 0.452. The third kappa shape index (κ3) is 6.83. The SMILES string of the molecule is CCOC(=O)C1=C(CN2CCCN(C(=O)C(C)C)CC2)N(CC)C(=O)N[C@@H]1c1cccc(Oc2ccccc2)c1. The third-order valence-electron chi connectivity index (χ3n) is 7.19. The number of amides is 3. The van der Waals surface area contributed by atoms with Crippen LogP contribution in [0, 0.1) is 5.92 Å². The molecule has 9 heteroatoms. The van der Waals surface area contributed by atoms with Gasteiger partial charge < -0.3 is 19.7 Å². The Kier molecular flexibility index (Phi) is 9.82. The van der Waals surface area contributed by atoms with Gasteiger partial charge in [0, 0.05) is 50.9 Å². The zero-order chi connectivity index (χ0) is 28.6. The van der Waals surface area contributed by atoms with E-state index in [1.165, 1.54) is 0 Å². The minimum Gasteiger partial charge on any atom is -0.463 e. The first-order chi connectivity index (χ1) is 19.3. The Hall–Kier alpha value is -3.85. The normalized spacial score (nSPS) is 18.4.